The fourth-order valence-corrected chi connectivity index (χ4v) is 3.72. The molecular formula is C19H17NO6S. The summed E-state index contributed by atoms with van der Waals surface area (Å²) >= 11 is 0. The van der Waals surface area contributed by atoms with Gasteiger partial charge in [0.25, 0.3) is 5.09 Å². The van der Waals surface area contributed by atoms with Crippen molar-refractivity contribution in [2.75, 3.05) is 14.2 Å². The number of aromatic nitrogens is 1. The molecule has 0 aliphatic carbocycles. The van der Waals surface area contributed by atoms with Crippen molar-refractivity contribution in [3.8, 4) is 17.2 Å². The molecule has 2 aromatic carbocycles. The number of hydrogen-bond acceptors (Lipinski definition) is 7. The van der Waals surface area contributed by atoms with E-state index in [0.29, 0.717) is 11.3 Å². The first kappa shape index (κ1) is 18.7. The third-order valence-electron chi connectivity index (χ3n) is 3.87. The predicted octanol–water partition coefficient (Wildman–Crippen LogP) is 3.28. The van der Waals surface area contributed by atoms with Crippen LogP contribution in [0, 0.1) is 6.92 Å². The standard InChI is InChI=1S/C19H17NO6S/c1-12-7-9-13(10-8-12)17-20-16(18(21)25-3)19(26-17)27(22,23)15-6-4-5-14(11-15)24-2/h4-11H,1-3H3. The lowest BCUT2D eigenvalue weighted by atomic mass is 10.1. The highest BCUT2D eigenvalue weighted by Gasteiger charge is 2.33. The lowest BCUT2D eigenvalue weighted by Crippen LogP contribution is -2.10. The highest BCUT2D eigenvalue weighted by atomic mass is 32.2. The topological polar surface area (TPSA) is 95.7 Å². The van der Waals surface area contributed by atoms with Gasteiger partial charge in [0, 0.05) is 5.56 Å². The first-order chi connectivity index (χ1) is 12.9. The predicted molar refractivity (Wildman–Crippen MR) is 96.5 cm³/mol. The lowest BCUT2D eigenvalue weighted by Gasteiger charge is -2.05. The van der Waals surface area contributed by atoms with Crippen molar-refractivity contribution in [1.29, 1.82) is 0 Å². The van der Waals surface area contributed by atoms with Crippen LogP contribution in [0.5, 0.6) is 5.75 Å². The Balaban J connectivity index is 2.18. The molecule has 7 nitrogen and oxygen atoms in total. The summed E-state index contributed by atoms with van der Waals surface area (Å²) in [6.07, 6.45) is 0. The van der Waals surface area contributed by atoms with Gasteiger partial charge in [-0.05, 0) is 37.3 Å². The number of carbonyl (C=O) groups is 1. The number of esters is 1. The van der Waals surface area contributed by atoms with E-state index >= 15 is 0 Å². The number of sulfone groups is 1. The van der Waals surface area contributed by atoms with Crippen LogP contribution < -0.4 is 4.74 Å². The molecule has 140 valence electrons. The summed E-state index contributed by atoms with van der Waals surface area (Å²) < 4.78 is 41.3. The summed E-state index contributed by atoms with van der Waals surface area (Å²) in [5, 5.41) is -0.571. The van der Waals surface area contributed by atoms with Crippen molar-refractivity contribution in [1.82, 2.24) is 4.98 Å². The molecule has 0 saturated heterocycles. The Hall–Kier alpha value is -3.13. The van der Waals surface area contributed by atoms with Crippen molar-refractivity contribution < 1.29 is 27.1 Å². The van der Waals surface area contributed by atoms with Gasteiger partial charge in [0.15, 0.2) is 0 Å². The minimum Gasteiger partial charge on any atom is -0.497 e. The molecule has 3 rings (SSSR count). The van der Waals surface area contributed by atoms with Crippen LogP contribution in [0.15, 0.2) is 62.9 Å². The van der Waals surface area contributed by atoms with Crippen molar-refractivity contribution in [3.05, 3.63) is 59.8 Å². The van der Waals surface area contributed by atoms with E-state index in [-0.39, 0.29) is 10.8 Å². The SMILES string of the molecule is COC(=O)c1nc(-c2ccc(C)cc2)oc1S(=O)(=O)c1cccc(OC)c1. The van der Waals surface area contributed by atoms with Crippen molar-refractivity contribution in [3.63, 3.8) is 0 Å². The first-order valence-corrected chi connectivity index (χ1v) is 9.40. The van der Waals surface area contributed by atoms with Crippen molar-refractivity contribution in [2.24, 2.45) is 0 Å². The van der Waals surface area contributed by atoms with Crippen LogP contribution in [-0.4, -0.2) is 33.6 Å². The van der Waals surface area contributed by atoms with Crippen LogP contribution >= 0.6 is 0 Å². The summed E-state index contributed by atoms with van der Waals surface area (Å²) in [6, 6.07) is 13.0. The van der Waals surface area contributed by atoms with Gasteiger partial charge in [-0.15, -0.1) is 0 Å². The van der Waals surface area contributed by atoms with Gasteiger partial charge in [0.2, 0.25) is 21.4 Å². The minimum atomic E-state index is -4.16. The zero-order valence-electron chi connectivity index (χ0n) is 14.9. The first-order valence-electron chi connectivity index (χ1n) is 7.92. The number of nitrogens with zero attached hydrogens (tertiary/aromatic N) is 1. The van der Waals surface area contributed by atoms with Gasteiger partial charge in [-0.3, -0.25) is 0 Å². The highest BCUT2D eigenvalue weighted by Crippen LogP contribution is 2.31. The number of ether oxygens (including phenoxy) is 2. The van der Waals surface area contributed by atoms with Crippen LogP contribution in [0.4, 0.5) is 0 Å². The second-order valence-electron chi connectivity index (χ2n) is 5.70. The fourth-order valence-electron chi connectivity index (χ4n) is 2.41. The summed E-state index contributed by atoms with van der Waals surface area (Å²) in [5.74, 6) is -0.538. The molecule has 3 aromatic rings. The average molecular weight is 387 g/mol. The Bertz CT molecular complexity index is 1080. The van der Waals surface area contributed by atoms with Gasteiger partial charge in [0.1, 0.15) is 5.75 Å². The van der Waals surface area contributed by atoms with E-state index in [1.807, 2.05) is 19.1 Å². The Morgan fingerprint density at radius 2 is 1.78 bits per heavy atom. The summed E-state index contributed by atoms with van der Waals surface area (Å²) in [6.45, 7) is 1.91. The number of hydrogen-bond donors (Lipinski definition) is 0. The molecule has 0 saturated carbocycles. The Morgan fingerprint density at radius 3 is 2.41 bits per heavy atom. The summed E-state index contributed by atoms with van der Waals surface area (Å²) in [5.41, 5.74) is 1.15. The molecule has 1 aromatic heterocycles. The van der Waals surface area contributed by atoms with Crippen molar-refractivity contribution >= 4 is 15.8 Å². The molecule has 0 bridgehead atoms. The highest BCUT2D eigenvalue weighted by molar-refractivity contribution is 7.91. The van der Waals surface area contributed by atoms with Gasteiger partial charge in [-0.2, -0.15) is 0 Å². The number of rotatable bonds is 5. The molecule has 0 amide bonds. The van der Waals surface area contributed by atoms with Gasteiger partial charge < -0.3 is 13.9 Å². The lowest BCUT2D eigenvalue weighted by molar-refractivity contribution is 0.0587. The van der Waals surface area contributed by atoms with E-state index in [0.717, 1.165) is 12.7 Å². The smallest absolute Gasteiger partial charge is 0.361 e. The van der Waals surface area contributed by atoms with E-state index in [1.54, 1.807) is 18.2 Å². The van der Waals surface area contributed by atoms with E-state index in [9.17, 15) is 13.2 Å². The van der Waals surface area contributed by atoms with Crippen LogP contribution in [0.2, 0.25) is 0 Å². The van der Waals surface area contributed by atoms with Gasteiger partial charge >= 0.3 is 5.97 Å². The van der Waals surface area contributed by atoms with E-state index in [2.05, 4.69) is 9.72 Å². The van der Waals surface area contributed by atoms with E-state index in [4.69, 9.17) is 9.15 Å². The number of aryl methyl sites for hydroxylation is 1. The molecule has 8 heteroatoms. The summed E-state index contributed by atoms with van der Waals surface area (Å²) in [7, 11) is -1.59. The normalized spacial score (nSPS) is 11.2. The Kier molecular flexibility index (Phi) is 5.00. The Morgan fingerprint density at radius 1 is 1.07 bits per heavy atom. The van der Waals surface area contributed by atoms with Gasteiger partial charge in [0.05, 0.1) is 19.1 Å². The molecule has 0 radical (unpaired) electrons. The van der Waals surface area contributed by atoms with Crippen LogP contribution in [-0.2, 0) is 14.6 Å². The summed E-state index contributed by atoms with van der Waals surface area (Å²) in [4.78, 5) is 16.1. The third kappa shape index (κ3) is 3.56. The second-order valence-corrected chi connectivity index (χ2v) is 7.54. The molecule has 0 aliphatic heterocycles. The maximum Gasteiger partial charge on any atom is 0.361 e. The fraction of sp³-hybridized carbons (Fsp3) is 0.158. The second kappa shape index (κ2) is 7.24. The Labute approximate surface area is 156 Å². The largest absolute Gasteiger partial charge is 0.497 e. The molecule has 27 heavy (non-hydrogen) atoms. The van der Waals surface area contributed by atoms with Crippen LogP contribution in [0.1, 0.15) is 16.1 Å². The van der Waals surface area contributed by atoms with Gasteiger partial charge in [-0.1, -0.05) is 23.8 Å². The molecule has 0 aliphatic rings. The molecule has 0 atom stereocenters. The minimum absolute atomic E-state index is 0.0110. The third-order valence-corrected chi connectivity index (χ3v) is 5.51. The van der Waals surface area contributed by atoms with E-state index < -0.39 is 26.6 Å². The number of oxazole rings is 1. The number of carbonyl (C=O) groups excluding carboxylic acids is 1. The van der Waals surface area contributed by atoms with Gasteiger partial charge in [-0.25, -0.2) is 18.2 Å². The van der Waals surface area contributed by atoms with Crippen molar-refractivity contribution in [2.45, 2.75) is 16.9 Å². The zero-order valence-corrected chi connectivity index (χ0v) is 15.7. The van der Waals surface area contributed by atoms with Crippen LogP contribution in [0.3, 0.4) is 0 Å². The quantitative estimate of drug-likeness (QED) is 0.620. The van der Waals surface area contributed by atoms with Crippen LogP contribution in [0.25, 0.3) is 11.5 Å². The monoisotopic (exact) mass is 387 g/mol. The molecule has 0 fully saturated rings. The molecule has 1 heterocycles. The number of benzene rings is 2. The molecule has 0 spiro atoms. The average Bonchev–Trinajstić information content (AvgIpc) is 3.14. The van der Waals surface area contributed by atoms with E-state index in [1.165, 1.54) is 25.3 Å². The zero-order chi connectivity index (χ0) is 19.6. The maximum absolute atomic E-state index is 13.0. The molecular weight excluding hydrogens is 370 g/mol. The molecule has 0 unspecified atom stereocenters. The molecule has 0 N–H and O–H groups in total. The number of methoxy groups -OCH3 is 2. The maximum atomic E-state index is 13.0.